The summed E-state index contributed by atoms with van der Waals surface area (Å²) in [7, 11) is 0. The Bertz CT molecular complexity index is 1080. The molecule has 0 spiro atoms. The van der Waals surface area contributed by atoms with E-state index >= 15 is 0 Å². The van der Waals surface area contributed by atoms with Crippen molar-refractivity contribution in [1.29, 1.82) is 0 Å². The molecule has 188 valence electrons. The zero-order chi connectivity index (χ0) is 26.2. The standard InChI is InChI=1S/C21H15F6NO6S/c1-12(28-34-19(31)21(25,26)27)17(29)13-2-6-15(7-3-13)35-16-8-4-14(5-9-16)32-10-11-33-18(30)20(22,23)24/h2-9H,10-11H2,1H3/b28-12+. The summed E-state index contributed by atoms with van der Waals surface area (Å²) in [5.41, 5.74) is -0.347. The Hall–Kier alpha value is -3.55. The highest BCUT2D eigenvalue weighted by Gasteiger charge is 2.42. The molecule has 0 atom stereocenters. The second kappa shape index (κ2) is 11.7. The summed E-state index contributed by atoms with van der Waals surface area (Å²) in [5.74, 6) is -5.25. The zero-order valence-electron chi connectivity index (χ0n) is 17.6. The summed E-state index contributed by atoms with van der Waals surface area (Å²) < 4.78 is 81.6. The van der Waals surface area contributed by atoms with Gasteiger partial charge in [0.25, 0.3) is 0 Å². The van der Waals surface area contributed by atoms with Gasteiger partial charge in [-0.25, -0.2) is 9.59 Å². The number of benzene rings is 2. The molecule has 2 aromatic carbocycles. The monoisotopic (exact) mass is 523 g/mol. The smallest absolute Gasteiger partial charge is 0.490 e. The fourth-order valence-electron chi connectivity index (χ4n) is 2.20. The molecule has 2 aromatic rings. The van der Waals surface area contributed by atoms with E-state index < -0.39 is 42.4 Å². The number of ether oxygens (including phenoxy) is 2. The molecule has 0 fully saturated rings. The minimum Gasteiger partial charge on any atom is -0.490 e. The van der Waals surface area contributed by atoms with Crippen LogP contribution < -0.4 is 4.74 Å². The summed E-state index contributed by atoms with van der Waals surface area (Å²) in [6.45, 7) is 0.245. The molecule has 0 bridgehead atoms. The third-order valence-electron chi connectivity index (χ3n) is 3.82. The normalized spacial score (nSPS) is 12.1. The van der Waals surface area contributed by atoms with Crippen LogP contribution in [0.4, 0.5) is 26.3 Å². The van der Waals surface area contributed by atoms with E-state index in [2.05, 4.69) is 14.7 Å². The van der Waals surface area contributed by atoms with Crippen LogP contribution in [0.3, 0.4) is 0 Å². The lowest BCUT2D eigenvalue weighted by atomic mass is 10.1. The first kappa shape index (κ1) is 27.7. The van der Waals surface area contributed by atoms with Gasteiger partial charge in [0, 0.05) is 15.4 Å². The molecular formula is C21H15F6NO6S. The van der Waals surface area contributed by atoms with E-state index in [1.807, 2.05) is 0 Å². The Morgan fingerprint density at radius 2 is 1.31 bits per heavy atom. The molecule has 14 heteroatoms. The van der Waals surface area contributed by atoms with Gasteiger partial charge in [0.05, 0.1) is 0 Å². The van der Waals surface area contributed by atoms with Crippen LogP contribution in [-0.2, 0) is 19.2 Å². The van der Waals surface area contributed by atoms with Crippen molar-refractivity contribution >= 4 is 35.2 Å². The summed E-state index contributed by atoms with van der Waals surface area (Å²) >= 11 is 1.29. The number of ketones is 1. The Balaban J connectivity index is 1.87. The van der Waals surface area contributed by atoms with Crippen LogP contribution in [0.5, 0.6) is 5.75 Å². The number of oxime groups is 1. The second-order valence-corrected chi connectivity index (χ2v) is 7.61. The van der Waals surface area contributed by atoms with E-state index in [-0.39, 0.29) is 12.2 Å². The molecule has 2 rings (SSSR count). The molecule has 0 heterocycles. The van der Waals surface area contributed by atoms with Crippen molar-refractivity contribution in [3.05, 3.63) is 54.1 Å². The predicted octanol–water partition coefficient (Wildman–Crippen LogP) is 4.99. The molecule has 0 amide bonds. The lowest BCUT2D eigenvalue weighted by molar-refractivity contribution is -0.200. The lowest BCUT2D eigenvalue weighted by Crippen LogP contribution is -2.27. The number of Topliss-reactive ketones (excluding diaryl/α,β-unsaturated/α-hetero) is 1. The maximum atomic E-state index is 12.2. The third-order valence-corrected chi connectivity index (χ3v) is 4.83. The molecule has 0 N–H and O–H groups in total. The maximum absolute atomic E-state index is 12.2. The summed E-state index contributed by atoms with van der Waals surface area (Å²) in [5, 5.41) is 2.92. The molecule has 0 aliphatic rings. The highest BCUT2D eigenvalue weighted by molar-refractivity contribution is 7.99. The first-order chi connectivity index (χ1) is 16.3. The Morgan fingerprint density at radius 1 is 0.800 bits per heavy atom. The summed E-state index contributed by atoms with van der Waals surface area (Å²) in [4.78, 5) is 38.6. The largest absolute Gasteiger partial charge is 0.493 e. The number of hydrogen-bond donors (Lipinski definition) is 0. The predicted molar refractivity (Wildman–Crippen MR) is 109 cm³/mol. The van der Waals surface area contributed by atoms with Gasteiger partial charge in [-0.2, -0.15) is 26.3 Å². The van der Waals surface area contributed by atoms with Crippen LogP contribution in [-0.4, -0.2) is 49.0 Å². The van der Waals surface area contributed by atoms with Crippen molar-refractivity contribution in [3.63, 3.8) is 0 Å². The molecule has 0 radical (unpaired) electrons. The minimum atomic E-state index is -5.23. The topological polar surface area (TPSA) is 91.3 Å². The van der Waals surface area contributed by atoms with Crippen LogP contribution in [0.1, 0.15) is 17.3 Å². The van der Waals surface area contributed by atoms with Gasteiger partial charge in [-0.15, -0.1) is 0 Å². The van der Waals surface area contributed by atoms with Crippen molar-refractivity contribution in [3.8, 4) is 5.75 Å². The lowest BCUT2D eigenvalue weighted by Gasteiger charge is -2.09. The Kier molecular flexibility index (Phi) is 9.28. The molecule has 0 aromatic heterocycles. The van der Waals surface area contributed by atoms with Crippen LogP contribution in [0.15, 0.2) is 63.5 Å². The summed E-state index contributed by atoms with van der Waals surface area (Å²) in [6, 6.07) is 12.4. The van der Waals surface area contributed by atoms with E-state index in [0.29, 0.717) is 10.6 Å². The van der Waals surface area contributed by atoms with Gasteiger partial charge in [-0.1, -0.05) is 16.9 Å². The van der Waals surface area contributed by atoms with Crippen molar-refractivity contribution in [2.24, 2.45) is 5.16 Å². The van der Waals surface area contributed by atoms with E-state index in [4.69, 9.17) is 4.74 Å². The molecule has 7 nitrogen and oxygen atoms in total. The van der Waals surface area contributed by atoms with Gasteiger partial charge in [-0.3, -0.25) is 4.79 Å². The molecule has 0 unspecified atom stereocenters. The highest BCUT2D eigenvalue weighted by atomic mass is 32.2. The number of alkyl halides is 6. The van der Waals surface area contributed by atoms with Gasteiger partial charge in [0.1, 0.15) is 24.7 Å². The molecular weight excluding hydrogens is 508 g/mol. The number of nitrogens with zero attached hydrogens (tertiary/aromatic N) is 1. The van der Waals surface area contributed by atoms with Gasteiger partial charge in [0.2, 0.25) is 5.78 Å². The number of halogens is 6. The highest BCUT2D eigenvalue weighted by Crippen LogP contribution is 2.29. The van der Waals surface area contributed by atoms with Gasteiger partial charge < -0.3 is 14.3 Å². The third kappa shape index (κ3) is 8.96. The van der Waals surface area contributed by atoms with Crippen LogP contribution in [0, 0.1) is 0 Å². The molecule has 0 aliphatic carbocycles. The van der Waals surface area contributed by atoms with E-state index in [1.54, 1.807) is 36.4 Å². The quantitative estimate of drug-likeness (QED) is 0.0871. The van der Waals surface area contributed by atoms with Crippen molar-refractivity contribution in [2.75, 3.05) is 13.2 Å². The van der Waals surface area contributed by atoms with Gasteiger partial charge >= 0.3 is 24.3 Å². The van der Waals surface area contributed by atoms with Crippen LogP contribution in [0.25, 0.3) is 0 Å². The van der Waals surface area contributed by atoms with Crippen molar-refractivity contribution in [2.45, 2.75) is 29.1 Å². The molecule has 35 heavy (non-hydrogen) atoms. The Morgan fingerprint density at radius 3 is 1.83 bits per heavy atom. The number of esters is 1. The van der Waals surface area contributed by atoms with E-state index in [1.165, 1.54) is 23.9 Å². The van der Waals surface area contributed by atoms with Crippen LogP contribution in [0.2, 0.25) is 0 Å². The fourth-order valence-corrected chi connectivity index (χ4v) is 3.02. The first-order valence-corrected chi connectivity index (χ1v) is 10.2. The zero-order valence-corrected chi connectivity index (χ0v) is 18.4. The van der Waals surface area contributed by atoms with E-state index in [9.17, 15) is 40.7 Å². The average Bonchev–Trinajstić information content (AvgIpc) is 2.79. The SMILES string of the molecule is C/C(=N\OC(=O)C(F)(F)F)C(=O)c1ccc(Sc2ccc(OCCOC(=O)C(F)(F)F)cc2)cc1. The average molecular weight is 523 g/mol. The van der Waals surface area contributed by atoms with Crippen LogP contribution >= 0.6 is 11.8 Å². The summed E-state index contributed by atoms with van der Waals surface area (Å²) in [6.07, 6.45) is -10.3. The number of carbonyl (C=O) groups is 3. The number of rotatable bonds is 9. The second-order valence-electron chi connectivity index (χ2n) is 6.46. The first-order valence-electron chi connectivity index (χ1n) is 9.39. The maximum Gasteiger partial charge on any atom is 0.493 e. The minimum absolute atomic E-state index is 0.105. The Labute approximate surface area is 198 Å². The molecule has 0 aliphatic heterocycles. The van der Waals surface area contributed by atoms with Crippen molar-refractivity contribution in [1.82, 2.24) is 0 Å². The van der Waals surface area contributed by atoms with Gasteiger partial charge in [-0.05, 0) is 55.5 Å². The van der Waals surface area contributed by atoms with Crippen molar-refractivity contribution < 1.29 is 55.0 Å². The fraction of sp³-hybridized carbons (Fsp3) is 0.238. The molecule has 0 saturated heterocycles. The number of carbonyl (C=O) groups excluding carboxylic acids is 3. The van der Waals surface area contributed by atoms with Gasteiger partial charge in [0.15, 0.2) is 0 Å². The number of hydrogen-bond acceptors (Lipinski definition) is 8. The molecule has 0 saturated carbocycles. The van der Waals surface area contributed by atoms with E-state index in [0.717, 1.165) is 11.8 Å².